The van der Waals surface area contributed by atoms with Gasteiger partial charge in [-0.2, -0.15) is 4.98 Å². The molecule has 0 unspecified atom stereocenters. The molecule has 0 aromatic carbocycles. The van der Waals surface area contributed by atoms with Gasteiger partial charge in [0.25, 0.3) is 5.24 Å². The SMILES string of the molecule is Nc1nc(N)n(I)c1C(=O)Cl. The zero-order valence-electron chi connectivity index (χ0n) is 5.21. The lowest BCUT2D eigenvalue weighted by Crippen LogP contribution is -2.00. The van der Waals surface area contributed by atoms with Crippen LogP contribution in [0, 0.1) is 0 Å². The first-order valence-electron chi connectivity index (χ1n) is 2.53. The smallest absolute Gasteiger partial charge is 0.273 e. The van der Waals surface area contributed by atoms with Crippen LogP contribution >= 0.6 is 34.5 Å². The van der Waals surface area contributed by atoms with Crippen LogP contribution in [0.25, 0.3) is 0 Å². The number of imidazole rings is 1. The highest BCUT2D eigenvalue weighted by molar-refractivity contribution is 14.1. The van der Waals surface area contributed by atoms with Gasteiger partial charge in [0.1, 0.15) is 0 Å². The van der Waals surface area contributed by atoms with Gasteiger partial charge in [0, 0.05) is 0 Å². The third-order valence-electron chi connectivity index (χ3n) is 1.06. The average molecular weight is 286 g/mol. The molecule has 0 bridgehead atoms. The first kappa shape index (κ1) is 8.60. The fourth-order valence-electron chi connectivity index (χ4n) is 0.613. The summed E-state index contributed by atoms with van der Waals surface area (Å²) in [6.45, 7) is 0. The van der Waals surface area contributed by atoms with Crippen molar-refractivity contribution in [2.75, 3.05) is 11.5 Å². The molecule has 11 heavy (non-hydrogen) atoms. The summed E-state index contributed by atoms with van der Waals surface area (Å²) >= 11 is 6.97. The number of carbonyl (C=O) groups excluding carboxylic acids is 1. The molecule has 4 N–H and O–H groups in total. The molecule has 0 aliphatic carbocycles. The number of nitrogens with two attached hydrogens (primary N) is 2. The van der Waals surface area contributed by atoms with Gasteiger partial charge in [-0.15, -0.1) is 0 Å². The van der Waals surface area contributed by atoms with E-state index in [1.807, 2.05) is 0 Å². The first-order valence-corrected chi connectivity index (χ1v) is 3.88. The Kier molecular flexibility index (Phi) is 2.23. The van der Waals surface area contributed by atoms with Gasteiger partial charge in [-0.05, 0) is 11.6 Å². The van der Waals surface area contributed by atoms with Crippen molar-refractivity contribution < 1.29 is 4.79 Å². The van der Waals surface area contributed by atoms with Crippen LogP contribution < -0.4 is 11.5 Å². The molecule has 1 heterocycles. The molecule has 1 rings (SSSR count). The van der Waals surface area contributed by atoms with Gasteiger partial charge in [0.2, 0.25) is 5.95 Å². The number of anilines is 2. The summed E-state index contributed by atoms with van der Waals surface area (Å²) in [5.74, 6) is 0.212. The third-order valence-corrected chi connectivity index (χ3v) is 2.22. The van der Waals surface area contributed by atoms with Gasteiger partial charge in [0.05, 0.1) is 22.9 Å². The average Bonchev–Trinajstić information content (AvgIpc) is 2.07. The maximum atomic E-state index is 10.7. The van der Waals surface area contributed by atoms with Crippen molar-refractivity contribution in [3.05, 3.63) is 5.69 Å². The zero-order chi connectivity index (χ0) is 8.59. The Labute approximate surface area is 81.2 Å². The van der Waals surface area contributed by atoms with Crippen molar-refractivity contribution >= 4 is 51.5 Å². The molecule has 0 fully saturated rings. The normalized spacial score (nSPS) is 10.0. The molecule has 1 aromatic heterocycles. The van der Waals surface area contributed by atoms with Crippen LogP contribution in [0.1, 0.15) is 10.5 Å². The molecular formula is C4H4ClIN4O. The van der Waals surface area contributed by atoms with E-state index in [4.69, 9.17) is 23.1 Å². The molecule has 0 radical (unpaired) electrons. The molecule has 0 aliphatic heterocycles. The standard InChI is InChI=1S/C4H4ClIN4O/c5-2(11)1-3(7)9-4(8)10(1)6/h7H2,(H2,8,9). The van der Waals surface area contributed by atoms with Crippen molar-refractivity contribution in [3.63, 3.8) is 0 Å². The predicted octanol–water partition coefficient (Wildman–Crippen LogP) is 0.625. The molecule has 7 heteroatoms. The minimum atomic E-state index is -0.666. The summed E-state index contributed by atoms with van der Waals surface area (Å²) in [6, 6.07) is 0. The van der Waals surface area contributed by atoms with E-state index in [0.29, 0.717) is 0 Å². The first-order chi connectivity index (χ1) is 5.04. The van der Waals surface area contributed by atoms with Crippen molar-refractivity contribution in [1.82, 2.24) is 7.76 Å². The Morgan fingerprint density at radius 1 is 1.64 bits per heavy atom. The Morgan fingerprint density at radius 2 is 2.18 bits per heavy atom. The predicted molar refractivity (Wildman–Crippen MR) is 50.7 cm³/mol. The Morgan fingerprint density at radius 3 is 2.36 bits per heavy atom. The quantitative estimate of drug-likeness (QED) is 0.585. The van der Waals surface area contributed by atoms with Crippen LogP contribution in [-0.4, -0.2) is 13.0 Å². The molecule has 1 aromatic rings. The van der Waals surface area contributed by atoms with Crippen LogP contribution in [0.2, 0.25) is 0 Å². The fraction of sp³-hybridized carbons (Fsp3) is 0. The summed E-state index contributed by atoms with van der Waals surface area (Å²) in [6.07, 6.45) is 0. The van der Waals surface area contributed by atoms with Crippen LogP contribution in [0.3, 0.4) is 0 Å². The van der Waals surface area contributed by atoms with Gasteiger partial charge in [-0.3, -0.25) is 4.79 Å². The second-order valence-corrected chi connectivity index (χ2v) is 3.07. The second kappa shape index (κ2) is 2.86. The molecule has 0 amide bonds. The number of nitrogen functional groups attached to an aromatic ring is 2. The molecule has 5 nitrogen and oxygen atoms in total. The maximum absolute atomic E-state index is 10.7. The molecule has 60 valence electrons. The Balaban J connectivity index is 3.34. The van der Waals surface area contributed by atoms with E-state index in [9.17, 15) is 4.79 Å². The van der Waals surface area contributed by atoms with Gasteiger partial charge in [0.15, 0.2) is 11.5 Å². The Hall–Kier alpha value is -0.500. The lowest BCUT2D eigenvalue weighted by atomic mass is 10.5. The maximum Gasteiger partial charge on any atom is 0.273 e. The molecule has 0 spiro atoms. The minimum absolute atomic E-state index is 0.0527. The van der Waals surface area contributed by atoms with E-state index in [1.165, 1.54) is 2.78 Å². The molecule has 0 saturated heterocycles. The van der Waals surface area contributed by atoms with Crippen molar-refractivity contribution in [2.45, 2.75) is 0 Å². The van der Waals surface area contributed by atoms with E-state index in [2.05, 4.69) is 4.98 Å². The van der Waals surface area contributed by atoms with E-state index in [0.717, 1.165) is 0 Å². The summed E-state index contributed by atoms with van der Waals surface area (Å²) in [4.78, 5) is 14.3. The van der Waals surface area contributed by atoms with Crippen LogP contribution in [0.5, 0.6) is 0 Å². The van der Waals surface area contributed by atoms with Crippen LogP contribution in [0.4, 0.5) is 11.8 Å². The molecule has 0 saturated carbocycles. The Bertz CT molecular complexity index is 309. The highest BCUT2D eigenvalue weighted by Gasteiger charge is 2.16. The van der Waals surface area contributed by atoms with Gasteiger partial charge >= 0.3 is 0 Å². The summed E-state index contributed by atoms with van der Waals surface area (Å²) in [5, 5.41) is -0.666. The van der Waals surface area contributed by atoms with Crippen molar-refractivity contribution in [2.24, 2.45) is 0 Å². The zero-order valence-corrected chi connectivity index (χ0v) is 8.13. The molecule has 0 aliphatic rings. The van der Waals surface area contributed by atoms with Gasteiger partial charge in [-0.1, -0.05) is 0 Å². The van der Waals surface area contributed by atoms with E-state index in [1.54, 1.807) is 22.9 Å². The monoisotopic (exact) mass is 286 g/mol. The lowest BCUT2D eigenvalue weighted by Gasteiger charge is -1.93. The number of rotatable bonds is 1. The summed E-state index contributed by atoms with van der Waals surface area (Å²) in [7, 11) is 0. The van der Waals surface area contributed by atoms with Crippen molar-refractivity contribution in [3.8, 4) is 0 Å². The van der Waals surface area contributed by atoms with E-state index in [-0.39, 0.29) is 17.5 Å². The third kappa shape index (κ3) is 1.41. The number of aromatic nitrogens is 2. The van der Waals surface area contributed by atoms with E-state index >= 15 is 0 Å². The minimum Gasteiger partial charge on any atom is -0.382 e. The summed E-state index contributed by atoms with van der Waals surface area (Å²) in [5.41, 5.74) is 10.8. The van der Waals surface area contributed by atoms with Gasteiger partial charge in [-0.25, -0.2) is 2.78 Å². The van der Waals surface area contributed by atoms with Gasteiger partial charge < -0.3 is 11.5 Å². The highest BCUT2D eigenvalue weighted by atomic mass is 127. The molecule has 0 atom stereocenters. The largest absolute Gasteiger partial charge is 0.382 e. The molecular weight excluding hydrogens is 282 g/mol. The number of nitrogens with zero attached hydrogens (tertiary/aromatic N) is 2. The number of halogens is 2. The fourth-order valence-corrected chi connectivity index (χ4v) is 1.51. The second-order valence-electron chi connectivity index (χ2n) is 1.76. The lowest BCUT2D eigenvalue weighted by molar-refractivity contribution is 0.107. The van der Waals surface area contributed by atoms with Crippen LogP contribution in [-0.2, 0) is 0 Å². The van der Waals surface area contributed by atoms with Crippen molar-refractivity contribution in [1.29, 1.82) is 0 Å². The number of hydrogen-bond donors (Lipinski definition) is 2. The van der Waals surface area contributed by atoms with Crippen LogP contribution in [0.15, 0.2) is 0 Å². The topological polar surface area (TPSA) is 86.9 Å². The number of carbonyl (C=O) groups is 1. The highest BCUT2D eigenvalue weighted by Crippen LogP contribution is 2.20. The van der Waals surface area contributed by atoms with E-state index < -0.39 is 5.24 Å². The number of hydrogen-bond acceptors (Lipinski definition) is 4. The summed E-state index contributed by atoms with van der Waals surface area (Å²) < 4.78 is 1.31.